The highest BCUT2D eigenvalue weighted by molar-refractivity contribution is 5.90. The predicted molar refractivity (Wildman–Crippen MR) is 123 cm³/mol. The quantitative estimate of drug-likeness (QED) is 0.223. The maximum atomic E-state index is 14.0. The summed E-state index contributed by atoms with van der Waals surface area (Å²) in [5, 5.41) is 10.4. The number of primary amides is 1. The molecule has 2 saturated carbocycles. The smallest absolute Gasteiger partial charge is 0.416 e. The van der Waals surface area contributed by atoms with Gasteiger partial charge in [-0.15, -0.1) is 4.48 Å². The first-order valence-corrected chi connectivity index (χ1v) is 12.7. The van der Waals surface area contributed by atoms with Crippen molar-refractivity contribution in [3.63, 3.8) is 0 Å². The molecule has 0 aromatic carbocycles. The second-order valence-corrected chi connectivity index (χ2v) is 10.6. The number of hydrogen-bond donors (Lipinski definition) is 2. The number of likely N-dealkylation sites (tertiary alicyclic amines) is 1. The van der Waals surface area contributed by atoms with E-state index in [0.29, 0.717) is 43.2 Å². The molecule has 1 heterocycles. The molecule has 10 nitrogen and oxygen atoms in total. The van der Waals surface area contributed by atoms with E-state index >= 15 is 0 Å². The molecule has 1 saturated heterocycles. The number of nitrogens with zero attached hydrogens (tertiary/aromatic N) is 3. The van der Waals surface area contributed by atoms with Crippen LogP contribution in [0.5, 0.6) is 0 Å². The Kier molecular flexibility index (Phi) is 9.06. The number of rotatable bonds is 9. The maximum absolute atomic E-state index is 14.0. The molecule has 1 aliphatic heterocycles. The van der Waals surface area contributed by atoms with Gasteiger partial charge in [-0.3, -0.25) is 14.8 Å². The van der Waals surface area contributed by atoms with Crippen molar-refractivity contribution in [2.75, 3.05) is 27.2 Å². The van der Waals surface area contributed by atoms with Crippen molar-refractivity contribution < 1.29 is 33.6 Å². The molecular weight excluding hydrogens is 440 g/mol. The second kappa shape index (κ2) is 11.6. The Hall–Kier alpha value is -2.04. The molecule has 0 radical (unpaired) electrons. The Morgan fingerprint density at radius 1 is 1.06 bits per heavy atom. The number of amides is 4. The molecule has 4 amide bonds. The van der Waals surface area contributed by atoms with Crippen molar-refractivity contribution in [3.8, 4) is 0 Å². The minimum absolute atomic E-state index is 0.145. The topological polar surface area (TPSA) is 130 Å². The molecule has 3 fully saturated rings. The zero-order valence-corrected chi connectivity index (χ0v) is 20.6. The first-order chi connectivity index (χ1) is 16.2. The van der Waals surface area contributed by atoms with Gasteiger partial charge in [-0.2, -0.15) is 4.79 Å². The van der Waals surface area contributed by atoms with Gasteiger partial charge in [0, 0.05) is 18.9 Å². The average Bonchev–Trinajstić information content (AvgIpc) is 3.49. The van der Waals surface area contributed by atoms with E-state index in [1.165, 1.54) is 0 Å². The van der Waals surface area contributed by atoms with E-state index in [1.54, 1.807) is 0 Å². The third-order valence-corrected chi connectivity index (χ3v) is 8.18. The minimum Gasteiger partial charge on any atom is -0.416 e. The number of hydrogen-bond acceptors (Lipinski definition) is 7. The lowest BCUT2D eigenvalue weighted by molar-refractivity contribution is -0.788. The van der Waals surface area contributed by atoms with Crippen LogP contribution in [0.2, 0.25) is 0 Å². The van der Waals surface area contributed by atoms with Crippen molar-refractivity contribution in [2.45, 2.75) is 88.8 Å². The summed E-state index contributed by atoms with van der Waals surface area (Å²) < 4.78 is 5.14. The Morgan fingerprint density at radius 2 is 1.71 bits per heavy atom. The van der Waals surface area contributed by atoms with Crippen molar-refractivity contribution in [2.24, 2.45) is 17.6 Å². The normalized spacial score (nSPS) is 30.8. The number of nitrogens with two attached hydrogens (primary N) is 1. The lowest BCUT2D eigenvalue weighted by atomic mass is 9.90. The van der Waals surface area contributed by atoms with Crippen LogP contribution < -0.4 is 5.73 Å². The monoisotopic (exact) mass is 481 g/mol. The first-order valence-electron chi connectivity index (χ1n) is 12.7. The molecule has 0 aromatic heterocycles. The van der Waals surface area contributed by atoms with Gasteiger partial charge in [-0.1, -0.05) is 25.7 Å². The third-order valence-electron chi connectivity index (χ3n) is 8.18. The van der Waals surface area contributed by atoms with Crippen LogP contribution in [0.1, 0.15) is 70.6 Å². The van der Waals surface area contributed by atoms with Crippen molar-refractivity contribution in [3.05, 3.63) is 0 Å². The van der Waals surface area contributed by atoms with E-state index in [-0.39, 0.29) is 31.5 Å². The number of carbonyl (C=O) groups excluding carboxylic acids is 4. The molecular formula is C24H41N4O6+. The molecule has 3 N–H and O–H groups in total. The summed E-state index contributed by atoms with van der Waals surface area (Å²) in [4.78, 5) is 53.4. The highest BCUT2D eigenvalue weighted by atomic mass is 16.6. The molecule has 3 rings (SSSR count). The lowest BCUT2D eigenvalue weighted by Crippen LogP contribution is -2.66. The Morgan fingerprint density at radius 3 is 2.26 bits per heavy atom. The standard InChI is InChI=1S/C24H40N4O6/c1-26(2)19-9-11-20(12-10-19)34-24(32)28(13-5-8-21(28)22(25)30)23(31)18(15-27(33)16-29)14-17-6-3-4-7-17/h16-21,33H,3-15H2,1-2H3,(H-,25,30)/p+1/t18-,19-,20-,21+,28?/m1/s1. The van der Waals surface area contributed by atoms with Crippen LogP contribution >= 0.6 is 0 Å². The van der Waals surface area contributed by atoms with Crippen LogP contribution in [0.3, 0.4) is 0 Å². The Labute approximate surface area is 201 Å². The zero-order valence-electron chi connectivity index (χ0n) is 20.6. The summed E-state index contributed by atoms with van der Waals surface area (Å²) in [5.74, 6) is -1.67. The van der Waals surface area contributed by atoms with Crippen LogP contribution in [0.25, 0.3) is 0 Å². The number of ether oxygens (including phenoxy) is 1. The zero-order chi connectivity index (χ0) is 24.9. The van der Waals surface area contributed by atoms with Gasteiger partial charge in [-0.25, -0.2) is 9.86 Å². The van der Waals surface area contributed by atoms with E-state index in [0.717, 1.165) is 38.5 Å². The van der Waals surface area contributed by atoms with E-state index in [1.807, 2.05) is 14.1 Å². The van der Waals surface area contributed by atoms with Crippen molar-refractivity contribution in [1.82, 2.24) is 9.96 Å². The van der Waals surface area contributed by atoms with E-state index in [9.17, 15) is 24.4 Å². The van der Waals surface area contributed by atoms with Gasteiger partial charge < -0.3 is 15.4 Å². The molecule has 0 bridgehead atoms. The summed E-state index contributed by atoms with van der Waals surface area (Å²) in [6.45, 7) is -0.0719. The molecule has 0 aromatic rings. The highest BCUT2D eigenvalue weighted by Gasteiger charge is 2.60. The number of carbonyl (C=O) groups is 4. The molecule has 1 unspecified atom stereocenters. The molecule has 2 aliphatic carbocycles. The van der Waals surface area contributed by atoms with Gasteiger partial charge in [0.05, 0.1) is 19.0 Å². The second-order valence-electron chi connectivity index (χ2n) is 10.6. The van der Waals surface area contributed by atoms with Crippen LogP contribution in [0.4, 0.5) is 4.79 Å². The SMILES string of the molecule is CN(C)[C@H]1CC[C@H](OC(=O)[N+]2(C(=O)[C@H](CC3CCCC3)CN(O)C=O)CCC[C@H]2C(N)=O)CC1. The summed E-state index contributed by atoms with van der Waals surface area (Å²) in [6, 6.07) is -0.563. The molecule has 34 heavy (non-hydrogen) atoms. The van der Waals surface area contributed by atoms with Crippen LogP contribution in [0.15, 0.2) is 0 Å². The molecule has 3 atom stereocenters. The third kappa shape index (κ3) is 5.78. The van der Waals surface area contributed by atoms with Gasteiger partial charge in [0.25, 0.3) is 5.91 Å². The highest BCUT2D eigenvalue weighted by Crippen LogP contribution is 2.37. The van der Waals surface area contributed by atoms with Gasteiger partial charge in [0.1, 0.15) is 6.10 Å². The van der Waals surface area contributed by atoms with Gasteiger partial charge in [0.2, 0.25) is 6.41 Å². The summed E-state index contributed by atoms with van der Waals surface area (Å²) in [5.41, 5.74) is 5.69. The fraction of sp³-hybridized carbons (Fsp3) is 0.833. The Balaban J connectivity index is 1.84. The van der Waals surface area contributed by atoms with Crippen LogP contribution in [0, 0.1) is 11.8 Å². The van der Waals surface area contributed by atoms with Crippen LogP contribution in [-0.4, -0.2) is 89.3 Å². The summed E-state index contributed by atoms with van der Waals surface area (Å²) >= 11 is 0. The van der Waals surface area contributed by atoms with Crippen LogP contribution in [-0.2, 0) is 19.1 Å². The summed E-state index contributed by atoms with van der Waals surface area (Å²) in [7, 11) is 4.07. The molecule has 192 valence electrons. The molecule has 3 aliphatic rings. The number of hydroxylamine groups is 2. The Bertz CT molecular complexity index is 748. The fourth-order valence-electron chi connectivity index (χ4n) is 6.25. The van der Waals surface area contributed by atoms with Crippen molar-refractivity contribution >= 4 is 24.3 Å². The maximum Gasteiger partial charge on any atom is 0.524 e. The minimum atomic E-state index is -0.993. The number of quaternary nitrogens is 1. The van der Waals surface area contributed by atoms with Gasteiger partial charge >= 0.3 is 12.0 Å². The van der Waals surface area contributed by atoms with Crippen molar-refractivity contribution in [1.29, 1.82) is 0 Å². The van der Waals surface area contributed by atoms with Gasteiger partial charge in [-0.05, 0) is 52.1 Å². The first kappa shape index (κ1) is 26.6. The van der Waals surface area contributed by atoms with Gasteiger partial charge in [0.15, 0.2) is 6.04 Å². The molecule has 0 spiro atoms. The van der Waals surface area contributed by atoms with E-state index in [4.69, 9.17) is 10.5 Å². The summed E-state index contributed by atoms with van der Waals surface area (Å²) in [6.07, 6.45) is 7.78. The molecule has 10 heteroatoms. The largest absolute Gasteiger partial charge is 0.524 e. The van der Waals surface area contributed by atoms with E-state index < -0.39 is 34.4 Å². The number of imide groups is 1. The lowest BCUT2D eigenvalue weighted by Gasteiger charge is -2.37. The fourth-order valence-corrected chi connectivity index (χ4v) is 6.25. The average molecular weight is 482 g/mol. The van der Waals surface area contributed by atoms with E-state index in [2.05, 4.69) is 4.90 Å². The predicted octanol–water partition coefficient (Wildman–Crippen LogP) is 2.03.